The van der Waals surface area contributed by atoms with Gasteiger partial charge in [0.05, 0.1) is 15.3 Å². The van der Waals surface area contributed by atoms with Crippen LogP contribution >= 0.6 is 38.6 Å². The van der Waals surface area contributed by atoms with Gasteiger partial charge >= 0.3 is 0 Å². The molecule has 0 aliphatic rings. The van der Waals surface area contributed by atoms with Gasteiger partial charge in [-0.2, -0.15) is 4.31 Å². The van der Waals surface area contributed by atoms with Gasteiger partial charge in [-0.1, -0.05) is 6.07 Å². The maximum absolute atomic E-state index is 12.9. The molecule has 0 N–H and O–H groups in total. The van der Waals surface area contributed by atoms with Crippen molar-refractivity contribution in [2.24, 2.45) is 0 Å². The normalized spacial score (nSPS) is 12.2. The minimum absolute atomic E-state index is 0.337. The van der Waals surface area contributed by atoms with Crippen molar-refractivity contribution >= 4 is 48.6 Å². The van der Waals surface area contributed by atoms with Crippen molar-refractivity contribution in [3.05, 3.63) is 37.1 Å². The molecule has 4 nitrogen and oxygen atoms in total. The fourth-order valence-corrected chi connectivity index (χ4v) is 6.47. The van der Waals surface area contributed by atoms with E-state index in [-0.39, 0.29) is 0 Å². The topological polar surface area (TPSA) is 46.6 Å². The molecule has 0 spiro atoms. The van der Waals surface area contributed by atoms with Gasteiger partial charge in [0, 0.05) is 30.0 Å². The van der Waals surface area contributed by atoms with E-state index in [1.807, 2.05) is 24.4 Å². The quantitative estimate of drug-likeness (QED) is 0.699. The Morgan fingerprint density at radius 1 is 1.43 bits per heavy atom. The highest BCUT2D eigenvalue weighted by atomic mass is 79.9. The van der Waals surface area contributed by atoms with Gasteiger partial charge in [0.1, 0.15) is 0 Å². The van der Waals surface area contributed by atoms with Crippen LogP contribution in [-0.4, -0.2) is 33.0 Å². The average molecular weight is 410 g/mol. The first kappa shape index (κ1) is 17.1. The summed E-state index contributed by atoms with van der Waals surface area (Å²) in [7, 11) is -1.95. The van der Waals surface area contributed by atoms with Gasteiger partial charge in [0.15, 0.2) is 0 Å². The third-order valence-electron chi connectivity index (χ3n) is 2.92. The van der Waals surface area contributed by atoms with Crippen LogP contribution in [0.4, 0.5) is 0 Å². The number of thiophene rings is 2. The van der Waals surface area contributed by atoms with Crippen LogP contribution in [0, 0.1) is 6.92 Å². The summed E-state index contributed by atoms with van der Waals surface area (Å²) in [6, 6.07) is 5.54. The zero-order valence-corrected chi connectivity index (χ0v) is 15.7. The summed E-state index contributed by atoms with van der Waals surface area (Å²) in [4.78, 5) is 2.17. The molecule has 0 aromatic carbocycles. The van der Waals surface area contributed by atoms with E-state index in [1.54, 1.807) is 24.5 Å². The van der Waals surface area contributed by atoms with Crippen molar-refractivity contribution in [1.82, 2.24) is 4.31 Å². The third kappa shape index (κ3) is 4.14. The lowest BCUT2D eigenvalue weighted by atomic mass is 10.4. The second-order valence-electron chi connectivity index (χ2n) is 4.38. The molecule has 116 valence electrons. The Morgan fingerprint density at radius 3 is 2.71 bits per heavy atom. The number of hydrogen-bond acceptors (Lipinski definition) is 5. The first-order valence-electron chi connectivity index (χ1n) is 6.22. The van der Waals surface area contributed by atoms with Crippen LogP contribution in [0.3, 0.4) is 0 Å². The number of hydrogen-bond donors (Lipinski definition) is 0. The number of aryl methyl sites for hydroxylation is 1. The molecular formula is C13H16BrNO3S3. The van der Waals surface area contributed by atoms with Crippen LogP contribution in [0.1, 0.15) is 9.75 Å². The minimum Gasteiger partial charge on any atom is -0.383 e. The van der Waals surface area contributed by atoms with E-state index >= 15 is 0 Å². The summed E-state index contributed by atoms with van der Waals surface area (Å²) in [6.45, 7) is 2.90. The molecule has 8 heteroatoms. The maximum atomic E-state index is 12.9. The SMILES string of the molecule is COCCN(Cc1cccs1)S(=O)(=O)c1cc(Br)sc1C. The van der Waals surface area contributed by atoms with Gasteiger partial charge in [-0.25, -0.2) is 8.42 Å². The highest BCUT2D eigenvalue weighted by Gasteiger charge is 2.27. The van der Waals surface area contributed by atoms with Crippen molar-refractivity contribution in [2.75, 3.05) is 20.3 Å². The van der Waals surface area contributed by atoms with Crippen LogP contribution in [0.15, 0.2) is 32.3 Å². The predicted molar refractivity (Wildman–Crippen MR) is 90.5 cm³/mol. The summed E-state index contributed by atoms with van der Waals surface area (Å²) < 4.78 is 33.1. The Balaban J connectivity index is 2.32. The second-order valence-corrected chi connectivity index (χ2v) is 9.96. The molecule has 0 aliphatic heterocycles. The fraction of sp³-hybridized carbons (Fsp3) is 0.385. The van der Waals surface area contributed by atoms with Crippen molar-refractivity contribution in [2.45, 2.75) is 18.4 Å². The highest BCUT2D eigenvalue weighted by molar-refractivity contribution is 9.11. The Morgan fingerprint density at radius 2 is 2.19 bits per heavy atom. The minimum atomic E-state index is -3.52. The average Bonchev–Trinajstić information content (AvgIpc) is 3.04. The van der Waals surface area contributed by atoms with E-state index in [1.165, 1.54) is 15.6 Å². The smallest absolute Gasteiger partial charge is 0.244 e. The highest BCUT2D eigenvalue weighted by Crippen LogP contribution is 2.32. The third-order valence-corrected chi connectivity index (χ3v) is 7.43. The molecule has 2 rings (SSSR count). The summed E-state index contributed by atoms with van der Waals surface area (Å²) in [5.74, 6) is 0. The molecule has 0 aliphatic carbocycles. The number of ether oxygens (including phenoxy) is 1. The van der Waals surface area contributed by atoms with Crippen molar-refractivity contribution < 1.29 is 13.2 Å². The van der Waals surface area contributed by atoms with Gasteiger partial charge in [-0.3, -0.25) is 0 Å². The first-order chi connectivity index (χ1) is 9.95. The fourth-order valence-electron chi connectivity index (χ4n) is 1.88. The monoisotopic (exact) mass is 409 g/mol. The molecule has 0 atom stereocenters. The van der Waals surface area contributed by atoms with Crippen LogP contribution in [0.25, 0.3) is 0 Å². The van der Waals surface area contributed by atoms with Crippen molar-refractivity contribution in [3.8, 4) is 0 Å². The predicted octanol–water partition coefficient (Wildman–Crippen LogP) is 3.72. The van der Waals surface area contributed by atoms with E-state index in [0.717, 1.165) is 13.5 Å². The molecule has 0 unspecified atom stereocenters. The number of nitrogens with zero attached hydrogens (tertiary/aromatic N) is 1. The van der Waals surface area contributed by atoms with E-state index in [0.29, 0.717) is 24.6 Å². The number of rotatable bonds is 7. The zero-order chi connectivity index (χ0) is 15.5. The second kappa shape index (κ2) is 7.34. The zero-order valence-electron chi connectivity index (χ0n) is 11.7. The summed E-state index contributed by atoms with van der Waals surface area (Å²) in [6.07, 6.45) is 0. The number of halogens is 1. The van der Waals surface area contributed by atoms with Crippen LogP contribution in [0.2, 0.25) is 0 Å². The van der Waals surface area contributed by atoms with E-state index in [9.17, 15) is 8.42 Å². The molecule has 2 heterocycles. The van der Waals surface area contributed by atoms with Crippen molar-refractivity contribution in [3.63, 3.8) is 0 Å². The lowest BCUT2D eigenvalue weighted by Gasteiger charge is -2.21. The standard InChI is InChI=1S/C13H16BrNO3S3/c1-10-12(8-13(14)20-10)21(16,17)15(5-6-18-2)9-11-4-3-7-19-11/h3-4,7-8H,5-6,9H2,1-2H3. The molecule has 0 saturated carbocycles. The van der Waals surface area contributed by atoms with Crippen molar-refractivity contribution in [1.29, 1.82) is 0 Å². The summed E-state index contributed by atoms with van der Waals surface area (Å²) in [5, 5.41) is 1.95. The summed E-state index contributed by atoms with van der Waals surface area (Å²) >= 11 is 6.33. The molecular weight excluding hydrogens is 394 g/mol. The molecule has 21 heavy (non-hydrogen) atoms. The Hall–Kier alpha value is -0.250. The van der Waals surface area contributed by atoms with E-state index in [4.69, 9.17) is 4.74 Å². The number of sulfonamides is 1. The molecule has 0 fully saturated rings. The van der Waals surface area contributed by atoms with Gasteiger partial charge in [-0.15, -0.1) is 22.7 Å². The van der Waals surface area contributed by atoms with Crippen LogP contribution in [0.5, 0.6) is 0 Å². The number of methoxy groups -OCH3 is 1. The summed E-state index contributed by atoms with van der Waals surface area (Å²) in [5.41, 5.74) is 0. The maximum Gasteiger partial charge on any atom is 0.244 e. The largest absolute Gasteiger partial charge is 0.383 e. The van der Waals surface area contributed by atoms with Gasteiger partial charge in [0.25, 0.3) is 0 Å². The van der Waals surface area contributed by atoms with E-state index in [2.05, 4.69) is 15.9 Å². The van der Waals surface area contributed by atoms with Crippen LogP contribution in [-0.2, 0) is 21.3 Å². The first-order valence-corrected chi connectivity index (χ1v) is 10.2. The van der Waals surface area contributed by atoms with Gasteiger partial charge < -0.3 is 4.74 Å². The molecule has 2 aromatic rings. The Bertz CT molecular complexity index is 680. The molecule has 0 saturated heterocycles. The lowest BCUT2D eigenvalue weighted by Crippen LogP contribution is -2.33. The lowest BCUT2D eigenvalue weighted by molar-refractivity contribution is 0.177. The van der Waals surface area contributed by atoms with Gasteiger partial charge in [-0.05, 0) is 40.4 Å². The van der Waals surface area contributed by atoms with Crippen LogP contribution < -0.4 is 0 Å². The Kier molecular flexibility index (Phi) is 5.98. The molecule has 0 amide bonds. The molecule has 0 bridgehead atoms. The molecule has 2 aromatic heterocycles. The van der Waals surface area contributed by atoms with Gasteiger partial charge in [0.2, 0.25) is 10.0 Å². The molecule has 0 radical (unpaired) electrons. The van der Waals surface area contributed by atoms with E-state index < -0.39 is 10.0 Å². The Labute approximate surface area is 141 Å².